The summed E-state index contributed by atoms with van der Waals surface area (Å²) in [4.78, 5) is 15.7. The van der Waals surface area contributed by atoms with Gasteiger partial charge < -0.3 is 10.7 Å². The van der Waals surface area contributed by atoms with E-state index in [1.807, 2.05) is 29.2 Å². The first-order valence-electron chi connectivity index (χ1n) is 11.7. The summed E-state index contributed by atoms with van der Waals surface area (Å²) in [7, 11) is 0. The number of carbonyl (C=O) groups is 1. The molecule has 7 nitrogen and oxygen atoms in total. The zero-order valence-corrected chi connectivity index (χ0v) is 19.0. The highest BCUT2D eigenvalue weighted by molar-refractivity contribution is 6.25. The van der Waals surface area contributed by atoms with E-state index in [0.717, 1.165) is 41.0 Å². The van der Waals surface area contributed by atoms with Crippen LogP contribution in [0.15, 0.2) is 61.1 Å². The summed E-state index contributed by atoms with van der Waals surface area (Å²) in [5.41, 5.74) is 12.9. The molecule has 0 atom stereocenters. The van der Waals surface area contributed by atoms with Crippen LogP contribution in [0.25, 0.3) is 16.7 Å². The molecule has 0 radical (unpaired) electrons. The number of nitrogens with one attached hydrogen (secondary N) is 3. The number of rotatable bonds is 6. The standard InChI is InChI=1S/C26H30N6O/c1-2-32-18-22(15-29-32)20-7-8-21-14-27-28-16-25(24(21)13-20)26(33)30-23-9-5-19(6-10-23)17-31-11-3-4-12-31/h5-10,13,15-16,18,27-28H,2-4,11-12,14,17H2,1H3,(H,30,33). The molecule has 33 heavy (non-hydrogen) atoms. The van der Waals surface area contributed by atoms with Gasteiger partial charge in [0.15, 0.2) is 0 Å². The van der Waals surface area contributed by atoms with Gasteiger partial charge in [0, 0.05) is 43.3 Å². The molecular weight excluding hydrogens is 412 g/mol. The minimum Gasteiger partial charge on any atom is -0.328 e. The fourth-order valence-electron chi connectivity index (χ4n) is 4.47. The number of carbonyl (C=O) groups excluding carboxylic acids is 1. The summed E-state index contributed by atoms with van der Waals surface area (Å²) >= 11 is 0. The van der Waals surface area contributed by atoms with Crippen LogP contribution < -0.4 is 16.2 Å². The molecule has 2 aromatic carbocycles. The third-order valence-electron chi connectivity index (χ3n) is 6.35. The van der Waals surface area contributed by atoms with Crippen molar-refractivity contribution in [3.63, 3.8) is 0 Å². The Morgan fingerprint density at radius 2 is 1.91 bits per heavy atom. The highest BCUT2D eigenvalue weighted by Gasteiger charge is 2.19. The highest BCUT2D eigenvalue weighted by atomic mass is 16.1. The topological polar surface area (TPSA) is 74.2 Å². The van der Waals surface area contributed by atoms with Crippen molar-refractivity contribution >= 4 is 17.2 Å². The normalized spacial score (nSPS) is 16.0. The lowest BCUT2D eigenvalue weighted by molar-refractivity contribution is -0.111. The Hall–Kier alpha value is -3.42. The second-order valence-corrected chi connectivity index (χ2v) is 8.65. The Balaban J connectivity index is 1.35. The van der Waals surface area contributed by atoms with E-state index in [2.05, 4.69) is 63.4 Å². The smallest absolute Gasteiger partial charge is 0.257 e. The number of aromatic nitrogens is 2. The van der Waals surface area contributed by atoms with Gasteiger partial charge in [0.1, 0.15) is 0 Å². The van der Waals surface area contributed by atoms with Crippen molar-refractivity contribution in [2.75, 3.05) is 18.4 Å². The van der Waals surface area contributed by atoms with Crippen LogP contribution in [0.2, 0.25) is 0 Å². The molecule has 2 aliphatic heterocycles. The van der Waals surface area contributed by atoms with Gasteiger partial charge in [-0.05, 0) is 73.3 Å². The number of nitrogens with zero attached hydrogens (tertiary/aromatic N) is 3. The van der Waals surface area contributed by atoms with Gasteiger partial charge in [-0.2, -0.15) is 5.10 Å². The number of benzene rings is 2. The molecule has 3 heterocycles. The Bertz CT molecular complexity index is 1160. The predicted molar refractivity (Wildman–Crippen MR) is 131 cm³/mol. The van der Waals surface area contributed by atoms with Crippen LogP contribution in [0.1, 0.15) is 36.5 Å². The largest absolute Gasteiger partial charge is 0.328 e. The maximum atomic E-state index is 13.3. The molecule has 7 heteroatoms. The number of hydrogen-bond acceptors (Lipinski definition) is 5. The van der Waals surface area contributed by atoms with E-state index in [1.54, 1.807) is 6.20 Å². The predicted octanol–water partition coefficient (Wildman–Crippen LogP) is 3.75. The SMILES string of the molecule is CCn1cc(-c2ccc3c(c2)C(C(=O)Nc2ccc(CN4CCCC4)cc2)=CNNC3)cn1. The molecule has 0 bridgehead atoms. The Morgan fingerprint density at radius 3 is 2.67 bits per heavy atom. The van der Waals surface area contributed by atoms with Gasteiger partial charge in [0.2, 0.25) is 0 Å². The molecule has 0 unspecified atom stereocenters. The van der Waals surface area contributed by atoms with E-state index >= 15 is 0 Å². The van der Waals surface area contributed by atoms with Crippen LogP contribution in [-0.4, -0.2) is 33.7 Å². The van der Waals surface area contributed by atoms with Crippen molar-refractivity contribution < 1.29 is 4.79 Å². The van der Waals surface area contributed by atoms with Crippen molar-refractivity contribution in [3.8, 4) is 11.1 Å². The van der Waals surface area contributed by atoms with Gasteiger partial charge in [-0.3, -0.25) is 14.4 Å². The molecular formula is C26H30N6O. The third kappa shape index (κ3) is 4.84. The van der Waals surface area contributed by atoms with E-state index in [4.69, 9.17) is 0 Å². The van der Waals surface area contributed by atoms with Crippen molar-refractivity contribution in [2.24, 2.45) is 0 Å². The van der Waals surface area contributed by atoms with E-state index in [1.165, 1.54) is 31.5 Å². The molecule has 3 aromatic rings. The fourth-order valence-corrected chi connectivity index (χ4v) is 4.47. The lowest BCUT2D eigenvalue weighted by Crippen LogP contribution is -2.25. The molecule has 3 N–H and O–H groups in total. The minimum absolute atomic E-state index is 0.138. The average Bonchev–Trinajstić information content (AvgIpc) is 3.48. The highest BCUT2D eigenvalue weighted by Crippen LogP contribution is 2.28. The summed E-state index contributed by atoms with van der Waals surface area (Å²) in [6.45, 7) is 6.84. The zero-order chi connectivity index (χ0) is 22.6. The van der Waals surface area contributed by atoms with Crippen molar-refractivity contribution in [1.29, 1.82) is 0 Å². The molecule has 1 saturated heterocycles. The average molecular weight is 443 g/mol. The lowest BCUT2D eigenvalue weighted by atomic mass is 9.95. The number of fused-ring (bicyclic) bond motifs is 1. The Labute approximate surface area is 194 Å². The first-order valence-corrected chi connectivity index (χ1v) is 11.7. The van der Waals surface area contributed by atoms with Crippen molar-refractivity contribution in [1.82, 2.24) is 25.5 Å². The number of aryl methyl sites for hydroxylation is 1. The molecule has 0 aliphatic carbocycles. The summed E-state index contributed by atoms with van der Waals surface area (Å²) < 4.78 is 1.90. The molecule has 0 spiro atoms. The first kappa shape index (κ1) is 21.4. The quantitative estimate of drug-likeness (QED) is 0.542. The minimum atomic E-state index is -0.138. The van der Waals surface area contributed by atoms with Crippen molar-refractivity contribution in [2.45, 2.75) is 39.4 Å². The van der Waals surface area contributed by atoms with Crippen LogP contribution in [0, 0.1) is 0 Å². The van der Waals surface area contributed by atoms with Gasteiger partial charge in [0.05, 0.1) is 11.8 Å². The van der Waals surface area contributed by atoms with E-state index < -0.39 is 0 Å². The monoisotopic (exact) mass is 442 g/mol. The molecule has 1 aromatic heterocycles. The number of likely N-dealkylation sites (tertiary alicyclic amines) is 1. The summed E-state index contributed by atoms with van der Waals surface area (Å²) in [6, 6.07) is 14.4. The maximum Gasteiger partial charge on any atom is 0.257 e. The maximum absolute atomic E-state index is 13.3. The molecule has 0 saturated carbocycles. The number of hydrogen-bond donors (Lipinski definition) is 3. The van der Waals surface area contributed by atoms with Gasteiger partial charge >= 0.3 is 0 Å². The second kappa shape index (κ2) is 9.60. The summed E-state index contributed by atoms with van der Waals surface area (Å²) in [6.07, 6.45) is 8.21. The fraction of sp³-hybridized carbons (Fsp3) is 0.308. The summed E-state index contributed by atoms with van der Waals surface area (Å²) in [5, 5.41) is 7.45. The molecule has 170 valence electrons. The van der Waals surface area contributed by atoms with Gasteiger partial charge in [-0.25, -0.2) is 5.43 Å². The van der Waals surface area contributed by atoms with Crippen LogP contribution in [0.4, 0.5) is 5.69 Å². The van der Waals surface area contributed by atoms with Crippen LogP contribution >= 0.6 is 0 Å². The first-order chi connectivity index (χ1) is 16.2. The third-order valence-corrected chi connectivity index (χ3v) is 6.35. The van der Waals surface area contributed by atoms with Crippen LogP contribution in [-0.2, 0) is 24.4 Å². The van der Waals surface area contributed by atoms with E-state index in [0.29, 0.717) is 12.1 Å². The number of amides is 1. The van der Waals surface area contributed by atoms with Crippen LogP contribution in [0.3, 0.4) is 0 Å². The molecule has 1 fully saturated rings. The summed E-state index contributed by atoms with van der Waals surface area (Å²) in [5.74, 6) is -0.138. The molecule has 2 aliphatic rings. The number of hydrazine groups is 1. The van der Waals surface area contributed by atoms with E-state index in [9.17, 15) is 4.79 Å². The molecule has 1 amide bonds. The second-order valence-electron chi connectivity index (χ2n) is 8.65. The molecule has 5 rings (SSSR count). The zero-order valence-electron chi connectivity index (χ0n) is 19.0. The van der Waals surface area contributed by atoms with Gasteiger partial charge in [-0.15, -0.1) is 0 Å². The van der Waals surface area contributed by atoms with Crippen LogP contribution in [0.5, 0.6) is 0 Å². The Morgan fingerprint density at radius 1 is 1.09 bits per heavy atom. The number of anilines is 1. The van der Waals surface area contributed by atoms with Gasteiger partial charge in [0.25, 0.3) is 5.91 Å². The van der Waals surface area contributed by atoms with E-state index in [-0.39, 0.29) is 5.91 Å². The van der Waals surface area contributed by atoms with Gasteiger partial charge in [-0.1, -0.05) is 24.3 Å². The Kier molecular flexibility index (Phi) is 6.24. The lowest BCUT2D eigenvalue weighted by Gasteiger charge is -2.15. The van der Waals surface area contributed by atoms with Crippen molar-refractivity contribution in [3.05, 3.63) is 77.7 Å².